The fourth-order valence-corrected chi connectivity index (χ4v) is 3.01. The first-order valence-corrected chi connectivity index (χ1v) is 8.46. The van der Waals surface area contributed by atoms with Crippen molar-refractivity contribution in [2.75, 3.05) is 32.5 Å². The van der Waals surface area contributed by atoms with E-state index < -0.39 is 0 Å². The number of rotatable bonds is 4. The lowest BCUT2D eigenvalue weighted by Gasteiger charge is -2.36. The Bertz CT molecular complexity index is 588. The summed E-state index contributed by atoms with van der Waals surface area (Å²) in [6.07, 6.45) is 2.16. The predicted octanol–water partition coefficient (Wildman–Crippen LogP) is 2.44. The van der Waals surface area contributed by atoms with Crippen LogP contribution in [0.4, 0.5) is 10.5 Å². The number of anilines is 1. The maximum atomic E-state index is 12.5. The molecule has 0 unspecified atom stereocenters. The zero-order chi connectivity index (χ0) is 17.7. The van der Waals surface area contributed by atoms with Crippen LogP contribution >= 0.6 is 0 Å². The highest BCUT2D eigenvalue weighted by molar-refractivity contribution is 5.88. The number of hydrogen-bond donors (Lipinski definition) is 2. The van der Waals surface area contributed by atoms with Crippen LogP contribution in [-0.4, -0.2) is 55.0 Å². The van der Waals surface area contributed by atoms with E-state index in [0.29, 0.717) is 6.04 Å². The van der Waals surface area contributed by atoms with Gasteiger partial charge in [-0.1, -0.05) is 12.1 Å². The minimum Gasteiger partial charge on any atom is -0.331 e. The molecule has 6 heteroatoms. The number of hydrogen-bond acceptors (Lipinski definition) is 3. The van der Waals surface area contributed by atoms with Gasteiger partial charge in [-0.25, -0.2) is 4.79 Å². The van der Waals surface area contributed by atoms with Gasteiger partial charge in [0.25, 0.3) is 0 Å². The Morgan fingerprint density at radius 2 is 2.08 bits per heavy atom. The second-order valence-electron chi connectivity index (χ2n) is 6.68. The second-order valence-corrected chi connectivity index (χ2v) is 6.68. The molecule has 24 heavy (non-hydrogen) atoms. The van der Waals surface area contributed by atoms with E-state index in [1.807, 2.05) is 36.1 Å². The third-order valence-corrected chi connectivity index (χ3v) is 4.46. The lowest BCUT2D eigenvalue weighted by atomic mass is 10.0. The Hall–Kier alpha value is -2.08. The number of carbonyl (C=O) groups is 2. The fraction of sp³-hybridized carbons (Fsp3) is 0.556. The van der Waals surface area contributed by atoms with Gasteiger partial charge in [-0.3, -0.25) is 4.79 Å². The maximum Gasteiger partial charge on any atom is 0.317 e. The van der Waals surface area contributed by atoms with Crippen molar-refractivity contribution in [3.05, 3.63) is 29.8 Å². The minimum atomic E-state index is -0.119. The monoisotopic (exact) mass is 332 g/mol. The van der Waals surface area contributed by atoms with Crippen molar-refractivity contribution in [3.63, 3.8) is 0 Å². The number of amides is 3. The van der Waals surface area contributed by atoms with Gasteiger partial charge in [-0.2, -0.15) is 0 Å². The summed E-state index contributed by atoms with van der Waals surface area (Å²) in [5.74, 6) is -0.105. The number of urea groups is 1. The highest BCUT2D eigenvalue weighted by Gasteiger charge is 2.25. The Morgan fingerprint density at radius 1 is 1.33 bits per heavy atom. The van der Waals surface area contributed by atoms with Crippen molar-refractivity contribution in [2.24, 2.45) is 0 Å². The van der Waals surface area contributed by atoms with Crippen LogP contribution < -0.4 is 10.6 Å². The lowest BCUT2D eigenvalue weighted by Crippen LogP contribution is -2.51. The van der Waals surface area contributed by atoms with Crippen LogP contribution in [0.1, 0.15) is 38.3 Å². The van der Waals surface area contributed by atoms with Crippen molar-refractivity contribution < 1.29 is 9.59 Å². The van der Waals surface area contributed by atoms with Gasteiger partial charge in [-0.15, -0.1) is 0 Å². The number of likely N-dealkylation sites (tertiary alicyclic amines) is 1. The molecule has 2 atom stereocenters. The molecule has 0 radical (unpaired) electrons. The van der Waals surface area contributed by atoms with Gasteiger partial charge in [0.1, 0.15) is 0 Å². The molecule has 0 spiro atoms. The van der Waals surface area contributed by atoms with E-state index in [9.17, 15) is 9.59 Å². The summed E-state index contributed by atoms with van der Waals surface area (Å²) in [5, 5.41) is 5.83. The molecule has 1 aromatic carbocycles. The molecule has 3 amide bonds. The summed E-state index contributed by atoms with van der Waals surface area (Å²) < 4.78 is 0. The highest BCUT2D eigenvalue weighted by atomic mass is 16.2. The normalized spacial score (nSPS) is 19.0. The Morgan fingerprint density at radius 3 is 2.75 bits per heavy atom. The number of likely N-dealkylation sites (N-methyl/N-ethyl adjacent to an activating group) is 1. The topological polar surface area (TPSA) is 64.7 Å². The molecule has 132 valence electrons. The summed E-state index contributed by atoms with van der Waals surface area (Å²) in [7, 11) is 4.12. The summed E-state index contributed by atoms with van der Waals surface area (Å²) in [6.45, 7) is 5.00. The van der Waals surface area contributed by atoms with Crippen molar-refractivity contribution in [3.8, 4) is 0 Å². The fourth-order valence-electron chi connectivity index (χ4n) is 3.01. The molecule has 1 heterocycles. The van der Waals surface area contributed by atoms with Crippen molar-refractivity contribution in [2.45, 2.75) is 38.8 Å². The van der Waals surface area contributed by atoms with E-state index >= 15 is 0 Å². The molecule has 2 rings (SSSR count). The van der Waals surface area contributed by atoms with Crippen LogP contribution in [0.15, 0.2) is 24.3 Å². The largest absolute Gasteiger partial charge is 0.331 e. The van der Waals surface area contributed by atoms with Crippen LogP contribution in [0.25, 0.3) is 0 Å². The first-order valence-electron chi connectivity index (χ1n) is 8.46. The van der Waals surface area contributed by atoms with Crippen LogP contribution in [0, 0.1) is 0 Å². The van der Waals surface area contributed by atoms with Crippen LogP contribution in [-0.2, 0) is 4.79 Å². The zero-order valence-electron chi connectivity index (χ0n) is 15.0. The molecule has 1 aliphatic rings. The zero-order valence-corrected chi connectivity index (χ0v) is 15.0. The summed E-state index contributed by atoms with van der Waals surface area (Å²) >= 11 is 0. The Balaban J connectivity index is 1.97. The molecule has 1 aromatic rings. The van der Waals surface area contributed by atoms with Gasteiger partial charge in [0.05, 0.1) is 6.04 Å². The average molecular weight is 332 g/mol. The molecular formula is C18H28N4O2. The second kappa shape index (κ2) is 8.15. The first-order chi connectivity index (χ1) is 11.4. The summed E-state index contributed by atoms with van der Waals surface area (Å²) in [5.41, 5.74) is 1.71. The number of carbonyl (C=O) groups excluding carboxylic acids is 2. The van der Waals surface area contributed by atoms with Crippen molar-refractivity contribution >= 4 is 17.6 Å². The van der Waals surface area contributed by atoms with E-state index in [1.165, 1.54) is 6.92 Å². The van der Waals surface area contributed by atoms with Crippen LogP contribution in [0.5, 0.6) is 0 Å². The molecule has 1 aliphatic heterocycles. The molecule has 2 N–H and O–H groups in total. The predicted molar refractivity (Wildman–Crippen MR) is 96.0 cm³/mol. The quantitative estimate of drug-likeness (QED) is 0.890. The molecule has 1 saturated heterocycles. The third-order valence-electron chi connectivity index (χ3n) is 4.46. The highest BCUT2D eigenvalue weighted by Crippen LogP contribution is 2.19. The van der Waals surface area contributed by atoms with Crippen LogP contribution in [0.3, 0.4) is 0 Å². The summed E-state index contributed by atoms with van der Waals surface area (Å²) in [6, 6.07) is 7.84. The van der Waals surface area contributed by atoms with E-state index in [4.69, 9.17) is 0 Å². The lowest BCUT2D eigenvalue weighted by molar-refractivity contribution is -0.114. The van der Waals surface area contributed by atoms with Gasteiger partial charge in [0, 0.05) is 31.7 Å². The molecular weight excluding hydrogens is 304 g/mol. The minimum absolute atomic E-state index is 0.0287. The maximum absolute atomic E-state index is 12.5. The van der Waals surface area contributed by atoms with Crippen molar-refractivity contribution in [1.82, 2.24) is 15.1 Å². The summed E-state index contributed by atoms with van der Waals surface area (Å²) in [4.78, 5) is 27.8. The van der Waals surface area contributed by atoms with E-state index in [0.717, 1.165) is 37.2 Å². The molecule has 0 bridgehead atoms. The van der Waals surface area contributed by atoms with E-state index in [2.05, 4.69) is 29.6 Å². The number of nitrogens with one attached hydrogen (secondary N) is 2. The van der Waals surface area contributed by atoms with Gasteiger partial charge < -0.3 is 20.4 Å². The number of piperidine rings is 1. The molecule has 0 aromatic heterocycles. The van der Waals surface area contributed by atoms with Crippen molar-refractivity contribution in [1.29, 1.82) is 0 Å². The third kappa shape index (κ3) is 4.96. The Kier molecular flexibility index (Phi) is 6.20. The van der Waals surface area contributed by atoms with Gasteiger partial charge in [-0.05, 0) is 51.6 Å². The molecule has 6 nitrogen and oxygen atoms in total. The number of benzene rings is 1. The first kappa shape index (κ1) is 18.3. The van der Waals surface area contributed by atoms with Gasteiger partial charge >= 0.3 is 6.03 Å². The smallest absolute Gasteiger partial charge is 0.317 e. The molecule has 0 aliphatic carbocycles. The van der Waals surface area contributed by atoms with Gasteiger partial charge in [0.2, 0.25) is 5.91 Å². The van der Waals surface area contributed by atoms with Gasteiger partial charge in [0.15, 0.2) is 0 Å². The van der Waals surface area contributed by atoms with Crippen LogP contribution in [0.2, 0.25) is 0 Å². The van der Waals surface area contributed by atoms with E-state index in [-0.39, 0.29) is 18.0 Å². The SMILES string of the molecule is CC(=O)Nc1cccc([C@@H](C)NC(=O)N2CCC[C@@H](N(C)C)C2)c1. The standard InChI is InChI=1S/C18H28N4O2/c1-13(15-7-5-8-16(11-15)20-14(2)23)19-18(24)22-10-6-9-17(12-22)21(3)4/h5,7-8,11,13,17H,6,9-10,12H2,1-4H3,(H,19,24)(H,20,23)/t13-,17-/m1/s1. The Labute approximate surface area is 144 Å². The average Bonchev–Trinajstić information content (AvgIpc) is 2.54. The molecule has 1 fully saturated rings. The number of nitrogens with zero attached hydrogens (tertiary/aromatic N) is 2. The molecule has 0 saturated carbocycles. The van der Waals surface area contributed by atoms with E-state index in [1.54, 1.807) is 0 Å².